The topological polar surface area (TPSA) is 165 Å². The quantitative estimate of drug-likeness (QED) is 0.330. The van der Waals surface area contributed by atoms with Crippen LogP contribution in [-0.4, -0.2) is 42.1 Å². The lowest BCUT2D eigenvalue weighted by atomic mass is 10.2. The van der Waals surface area contributed by atoms with Crippen LogP contribution in [0.5, 0.6) is 11.6 Å². The van der Waals surface area contributed by atoms with Crippen LogP contribution in [0.25, 0.3) is 0 Å². The van der Waals surface area contributed by atoms with Crippen molar-refractivity contribution in [3.8, 4) is 11.6 Å². The van der Waals surface area contributed by atoms with Gasteiger partial charge in [0.2, 0.25) is 11.4 Å². The normalized spacial score (nSPS) is 11.5. The number of carboxylic acids is 1. The second kappa shape index (κ2) is 10.2. The number of nitrogens with zero attached hydrogens (tertiary/aromatic N) is 4. The number of hydrogen-bond acceptors (Lipinski definition) is 8. The molecule has 0 aliphatic rings. The van der Waals surface area contributed by atoms with Crippen LogP contribution in [0.4, 0.5) is 5.69 Å². The Morgan fingerprint density at radius 1 is 1.11 bits per heavy atom. The number of rotatable bonds is 8. The third-order valence-corrected chi connectivity index (χ3v) is 5.00. The number of hydrogen-bond donors (Lipinski definition) is 3. The third kappa shape index (κ3) is 5.57. The van der Waals surface area contributed by atoms with Gasteiger partial charge in [-0.1, -0.05) is 23.7 Å². The lowest BCUT2D eigenvalue weighted by Gasteiger charge is -2.10. The van der Waals surface area contributed by atoms with E-state index >= 15 is 0 Å². The largest absolute Gasteiger partial charge is 0.475 e. The van der Waals surface area contributed by atoms with Crippen LogP contribution in [0.15, 0.2) is 73.7 Å². The molecule has 0 unspecified atom stereocenters. The van der Waals surface area contributed by atoms with Crippen LogP contribution in [0.3, 0.4) is 0 Å². The molecule has 2 heterocycles. The first-order chi connectivity index (χ1) is 16.8. The van der Waals surface area contributed by atoms with E-state index in [2.05, 4.69) is 19.7 Å². The standard InChI is InChI=1S/C22H18ClN5O7/c23-14-3-1-13(2-4-14)12-28-20(25-21(32)27(9-10-29)22(28)33)24-15-5-7-16(8-6-15)34-18-11-17(19(30)31)35-26-18/h1-8,11,29H,9-10,12H2,(H,30,31)(H,24,25,32). The molecule has 0 atom stereocenters. The predicted octanol–water partition coefficient (Wildman–Crippen LogP) is 1.74. The Labute approximate surface area is 200 Å². The maximum Gasteiger partial charge on any atom is 0.374 e. The van der Waals surface area contributed by atoms with Gasteiger partial charge in [0.15, 0.2) is 0 Å². The van der Waals surface area contributed by atoms with Gasteiger partial charge >= 0.3 is 17.3 Å². The average molecular weight is 500 g/mol. The fourth-order valence-electron chi connectivity index (χ4n) is 3.09. The highest BCUT2D eigenvalue weighted by Crippen LogP contribution is 2.23. The zero-order valence-corrected chi connectivity index (χ0v) is 18.7. The predicted molar refractivity (Wildman–Crippen MR) is 122 cm³/mol. The molecular weight excluding hydrogens is 482 g/mol. The fourth-order valence-corrected chi connectivity index (χ4v) is 3.22. The van der Waals surface area contributed by atoms with E-state index in [1.807, 2.05) is 0 Å². The summed E-state index contributed by atoms with van der Waals surface area (Å²) in [4.78, 5) is 43.3. The molecule has 0 fully saturated rings. The lowest BCUT2D eigenvalue weighted by molar-refractivity contribution is 0.0652. The molecule has 0 saturated carbocycles. The highest BCUT2D eigenvalue weighted by atomic mass is 35.5. The first-order valence-corrected chi connectivity index (χ1v) is 10.5. The third-order valence-electron chi connectivity index (χ3n) is 4.75. The van der Waals surface area contributed by atoms with E-state index in [4.69, 9.17) is 21.4 Å². The van der Waals surface area contributed by atoms with Gasteiger partial charge in [-0.15, -0.1) is 0 Å². The number of carboxylic acid groups (broad SMARTS) is 1. The average Bonchev–Trinajstić information content (AvgIpc) is 3.31. The maximum atomic E-state index is 13.0. The Bertz CT molecular complexity index is 1530. The summed E-state index contributed by atoms with van der Waals surface area (Å²) >= 11 is 5.94. The van der Waals surface area contributed by atoms with Crippen molar-refractivity contribution in [2.45, 2.75) is 13.1 Å². The van der Waals surface area contributed by atoms with Gasteiger partial charge in [-0.05, 0) is 47.1 Å². The van der Waals surface area contributed by atoms with E-state index in [9.17, 15) is 19.5 Å². The Hall–Kier alpha value is -4.42. The number of aliphatic hydroxyl groups excluding tert-OH is 1. The number of aromatic carboxylic acids is 1. The minimum Gasteiger partial charge on any atom is -0.475 e. The van der Waals surface area contributed by atoms with Gasteiger partial charge in [-0.2, -0.15) is 0 Å². The molecule has 3 N–H and O–H groups in total. The molecule has 13 heteroatoms. The molecule has 2 aromatic carbocycles. The van der Waals surface area contributed by atoms with Crippen molar-refractivity contribution in [2.75, 3.05) is 6.61 Å². The summed E-state index contributed by atoms with van der Waals surface area (Å²) in [6, 6.07) is 14.2. The van der Waals surface area contributed by atoms with E-state index in [1.54, 1.807) is 48.5 Å². The van der Waals surface area contributed by atoms with Crippen molar-refractivity contribution in [3.05, 3.63) is 97.5 Å². The number of ether oxygens (including phenoxy) is 1. The van der Waals surface area contributed by atoms with E-state index < -0.39 is 17.3 Å². The van der Waals surface area contributed by atoms with Gasteiger partial charge < -0.3 is 19.5 Å². The van der Waals surface area contributed by atoms with Gasteiger partial charge in [-0.25, -0.2) is 23.9 Å². The Morgan fingerprint density at radius 2 is 1.83 bits per heavy atom. The van der Waals surface area contributed by atoms with E-state index in [0.29, 0.717) is 16.5 Å². The van der Waals surface area contributed by atoms with Gasteiger partial charge in [0.25, 0.3) is 5.88 Å². The number of aliphatic hydroxyl groups is 1. The molecule has 0 amide bonds. The van der Waals surface area contributed by atoms with Gasteiger partial charge in [0, 0.05) is 5.02 Å². The summed E-state index contributed by atoms with van der Waals surface area (Å²) in [5, 5.41) is 22.2. The van der Waals surface area contributed by atoms with E-state index in [-0.39, 0.29) is 37.0 Å². The van der Waals surface area contributed by atoms with Crippen molar-refractivity contribution in [2.24, 2.45) is 4.99 Å². The van der Waals surface area contributed by atoms with Crippen LogP contribution < -0.4 is 21.7 Å². The molecule has 4 aromatic rings. The zero-order chi connectivity index (χ0) is 24.9. The monoisotopic (exact) mass is 499 g/mol. The number of benzene rings is 2. The zero-order valence-electron chi connectivity index (χ0n) is 17.9. The molecule has 2 aromatic heterocycles. The van der Waals surface area contributed by atoms with Crippen LogP contribution in [-0.2, 0) is 13.1 Å². The van der Waals surface area contributed by atoms with Gasteiger partial charge in [-0.3, -0.25) is 9.55 Å². The van der Waals surface area contributed by atoms with Crippen molar-refractivity contribution >= 4 is 23.3 Å². The lowest BCUT2D eigenvalue weighted by Crippen LogP contribution is -2.50. The maximum absolute atomic E-state index is 13.0. The van der Waals surface area contributed by atoms with Crippen molar-refractivity contribution < 1.29 is 24.3 Å². The molecule has 12 nitrogen and oxygen atoms in total. The molecule has 0 radical (unpaired) electrons. The van der Waals surface area contributed by atoms with Crippen LogP contribution in [0, 0.1) is 0 Å². The highest BCUT2D eigenvalue weighted by molar-refractivity contribution is 6.30. The highest BCUT2D eigenvalue weighted by Gasteiger charge is 2.13. The minimum atomic E-state index is -1.27. The first kappa shape index (κ1) is 23.7. The molecule has 0 aliphatic heterocycles. The summed E-state index contributed by atoms with van der Waals surface area (Å²) < 4.78 is 12.2. The second-order valence-electron chi connectivity index (χ2n) is 7.17. The molecule has 180 valence electrons. The van der Waals surface area contributed by atoms with Crippen molar-refractivity contribution in [3.63, 3.8) is 0 Å². The van der Waals surface area contributed by atoms with E-state index in [1.165, 1.54) is 4.57 Å². The number of aromatic amines is 1. The van der Waals surface area contributed by atoms with Crippen molar-refractivity contribution in [1.82, 2.24) is 19.3 Å². The Morgan fingerprint density at radius 3 is 2.46 bits per heavy atom. The number of halogens is 1. The minimum absolute atomic E-state index is 0.000379. The number of carbonyl (C=O) groups is 1. The summed E-state index contributed by atoms with van der Waals surface area (Å²) in [5.41, 5.74) is -0.219. The van der Waals surface area contributed by atoms with Gasteiger partial charge in [0.1, 0.15) is 5.75 Å². The number of nitrogens with one attached hydrogen (secondary N) is 1. The second-order valence-corrected chi connectivity index (χ2v) is 7.60. The SMILES string of the molecule is O=C(O)c1cc(Oc2ccc(/N=c3\[nH]c(=O)n(CCO)c(=O)n3Cc3ccc(Cl)cc3)cc2)no1. The van der Waals surface area contributed by atoms with Crippen LogP contribution >= 0.6 is 11.6 Å². The first-order valence-electron chi connectivity index (χ1n) is 10.2. The molecule has 4 rings (SSSR count). The summed E-state index contributed by atoms with van der Waals surface area (Å²) in [5.74, 6) is -1.35. The van der Waals surface area contributed by atoms with Crippen LogP contribution in [0.1, 0.15) is 16.1 Å². The summed E-state index contributed by atoms with van der Waals surface area (Å²) in [6.45, 7) is -0.468. The van der Waals surface area contributed by atoms with E-state index in [0.717, 1.165) is 16.2 Å². The fraction of sp³-hybridized carbons (Fsp3) is 0.136. The number of aromatic nitrogens is 4. The Kier molecular flexibility index (Phi) is 6.94. The Balaban J connectivity index is 1.69. The molecule has 35 heavy (non-hydrogen) atoms. The molecule has 0 aliphatic carbocycles. The molecular formula is C22H18ClN5O7. The summed E-state index contributed by atoms with van der Waals surface area (Å²) in [6.07, 6.45) is 0. The molecule has 0 saturated heterocycles. The van der Waals surface area contributed by atoms with Crippen molar-refractivity contribution in [1.29, 1.82) is 0 Å². The van der Waals surface area contributed by atoms with Crippen LogP contribution in [0.2, 0.25) is 5.02 Å². The summed E-state index contributed by atoms with van der Waals surface area (Å²) in [7, 11) is 0. The number of H-pyrrole nitrogens is 1. The molecule has 0 spiro atoms. The van der Waals surface area contributed by atoms with Gasteiger partial charge in [0.05, 0.1) is 31.5 Å². The molecule has 0 bridgehead atoms. The smallest absolute Gasteiger partial charge is 0.374 e.